The number of nitrogens with two attached hydrogens (primary N) is 1. The largest absolute Gasteiger partial charge is 0.370 e. The SMILES string of the molecule is CCCNC1CCN(CCCCC(N)=O)C1=O. The average Bonchev–Trinajstić information content (AvgIpc) is 2.63. The first kappa shape index (κ1) is 14.0. The third-order valence-corrected chi connectivity index (χ3v) is 3.04. The van der Waals surface area contributed by atoms with Crippen LogP contribution in [-0.4, -0.2) is 42.4 Å². The molecular formula is C12H23N3O2. The molecule has 1 aliphatic heterocycles. The third-order valence-electron chi connectivity index (χ3n) is 3.04. The number of hydrogen-bond donors (Lipinski definition) is 2. The van der Waals surface area contributed by atoms with Gasteiger partial charge in [-0.1, -0.05) is 6.92 Å². The molecule has 2 amide bonds. The molecule has 1 heterocycles. The number of nitrogens with zero attached hydrogens (tertiary/aromatic N) is 1. The maximum atomic E-state index is 11.9. The molecule has 1 aliphatic rings. The van der Waals surface area contributed by atoms with Gasteiger partial charge in [-0.15, -0.1) is 0 Å². The van der Waals surface area contributed by atoms with Crippen LogP contribution in [0.2, 0.25) is 0 Å². The van der Waals surface area contributed by atoms with Gasteiger partial charge in [0, 0.05) is 19.5 Å². The van der Waals surface area contributed by atoms with Crippen LogP contribution in [0, 0.1) is 0 Å². The van der Waals surface area contributed by atoms with Gasteiger partial charge in [-0.2, -0.15) is 0 Å². The van der Waals surface area contributed by atoms with Crippen molar-refractivity contribution in [3.63, 3.8) is 0 Å². The zero-order valence-electron chi connectivity index (χ0n) is 10.6. The molecule has 0 spiro atoms. The standard InChI is InChI=1S/C12H23N3O2/c1-2-7-14-10-6-9-15(12(10)17)8-4-3-5-11(13)16/h10,14H,2-9H2,1H3,(H2,13,16). The maximum absolute atomic E-state index is 11.9. The monoisotopic (exact) mass is 241 g/mol. The van der Waals surface area contributed by atoms with Crippen molar-refractivity contribution in [1.82, 2.24) is 10.2 Å². The summed E-state index contributed by atoms with van der Waals surface area (Å²) in [5.41, 5.74) is 5.06. The van der Waals surface area contributed by atoms with E-state index in [1.54, 1.807) is 0 Å². The Morgan fingerprint density at radius 1 is 1.53 bits per heavy atom. The van der Waals surface area contributed by atoms with Crippen molar-refractivity contribution < 1.29 is 9.59 Å². The van der Waals surface area contributed by atoms with Gasteiger partial charge in [-0.05, 0) is 32.2 Å². The Bertz CT molecular complexity index is 268. The van der Waals surface area contributed by atoms with Crippen LogP contribution in [0.25, 0.3) is 0 Å². The summed E-state index contributed by atoms with van der Waals surface area (Å²) >= 11 is 0. The van der Waals surface area contributed by atoms with Gasteiger partial charge in [0.15, 0.2) is 0 Å². The highest BCUT2D eigenvalue weighted by atomic mass is 16.2. The van der Waals surface area contributed by atoms with Gasteiger partial charge in [0.1, 0.15) is 0 Å². The number of primary amides is 1. The summed E-state index contributed by atoms with van der Waals surface area (Å²) in [6.45, 7) is 4.56. The van der Waals surface area contributed by atoms with Gasteiger partial charge >= 0.3 is 0 Å². The molecule has 98 valence electrons. The van der Waals surface area contributed by atoms with Gasteiger partial charge in [-0.25, -0.2) is 0 Å². The average molecular weight is 241 g/mol. The molecule has 5 heteroatoms. The molecule has 3 N–H and O–H groups in total. The van der Waals surface area contributed by atoms with Gasteiger partial charge in [0.05, 0.1) is 6.04 Å². The topological polar surface area (TPSA) is 75.4 Å². The fourth-order valence-corrected chi connectivity index (χ4v) is 2.07. The van der Waals surface area contributed by atoms with Crippen molar-refractivity contribution in [3.05, 3.63) is 0 Å². The summed E-state index contributed by atoms with van der Waals surface area (Å²) in [5.74, 6) is -0.0576. The minimum atomic E-state index is -0.264. The van der Waals surface area contributed by atoms with Crippen LogP contribution in [0.1, 0.15) is 39.0 Å². The summed E-state index contributed by atoms with van der Waals surface area (Å²) in [5, 5.41) is 3.25. The highest BCUT2D eigenvalue weighted by Crippen LogP contribution is 2.12. The fourth-order valence-electron chi connectivity index (χ4n) is 2.07. The molecule has 1 unspecified atom stereocenters. The molecule has 0 aromatic carbocycles. The fraction of sp³-hybridized carbons (Fsp3) is 0.833. The molecule has 0 aromatic heterocycles. The Morgan fingerprint density at radius 2 is 2.29 bits per heavy atom. The minimum absolute atomic E-state index is 0.00564. The summed E-state index contributed by atoms with van der Waals surface area (Å²) in [4.78, 5) is 24.4. The molecule has 1 fully saturated rings. The second-order valence-corrected chi connectivity index (χ2v) is 4.54. The van der Waals surface area contributed by atoms with Crippen LogP contribution in [0.5, 0.6) is 0 Å². The molecule has 1 atom stereocenters. The van der Waals surface area contributed by atoms with E-state index in [1.807, 2.05) is 4.90 Å². The van der Waals surface area contributed by atoms with Crippen molar-refractivity contribution in [1.29, 1.82) is 0 Å². The third kappa shape index (κ3) is 4.73. The Morgan fingerprint density at radius 3 is 2.94 bits per heavy atom. The molecule has 0 aromatic rings. The predicted octanol–water partition coefficient (Wildman–Crippen LogP) is 0.243. The molecule has 1 saturated heterocycles. The zero-order valence-corrected chi connectivity index (χ0v) is 10.6. The molecular weight excluding hydrogens is 218 g/mol. The lowest BCUT2D eigenvalue weighted by Crippen LogP contribution is -2.38. The first-order valence-corrected chi connectivity index (χ1v) is 6.45. The second kappa shape index (κ2) is 7.27. The van der Waals surface area contributed by atoms with Gasteiger partial charge in [0.25, 0.3) is 0 Å². The van der Waals surface area contributed by atoms with Gasteiger partial charge in [0.2, 0.25) is 11.8 Å². The van der Waals surface area contributed by atoms with Gasteiger partial charge in [-0.3, -0.25) is 9.59 Å². The van der Waals surface area contributed by atoms with E-state index in [4.69, 9.17) is 5.73 Å². The molecule has 0 aliphatic carbocycles. The van der Waals surface area contributed by atoms with E-state index in [9.17, 15) is 9.59 Å². The molecule has 5 nitrogen and oxygen atoms in total. The van der Waals surface area contributed by atoms with Crippen molar-refractivity contribution in [2.75, 3.05) is 19.6 Å². The van der Waals surface area contributed by atoms with E-state index in [1.165, 1.54) is 0 Å². The number of likely N-dealkylation sites (tertiary alicyclic amines) is 1. The number of nitrogens with one attached hydrogen (secondary N) is 1. The Hall–Kier alpha value is -1.10. The Balaban J connectivity index is 2.18. The molecule has 17 heavy (non-hydrogen) atoms. The van der Waals surface area contributed by atoms with Crippen LogP contribution >= 0.6 is 0 Å². The van der Waals surface area contributed by atoms with Crippen LogP contribution in [0.15, 0.2) is 0 Å². The summed E-state index contributed by atoms with van der Waals surface area (Å²) in [7, 11) is 0. The van der Waals surface area contributed by atoms with Crippen LogP contribution < -0.4 is 11.1 Å². The molecule has 0 radical (unpaired) electrons. The summed E-state index contributed by atoms with van der Waals surface area (Å²) < 4.78 is 0. The highest BCUT2D eigenvalue weighted by Gasteiger charge is 2.30. The Kier molecular flexibility index (Phi) is 5.97. The Labute approximate surface area is 103 Å². The number of rotatable bonds is 8. The van der Waals surface area contributed by atoms with Gasteiger partial charge < -0.3 is 16.0 Å². The lowest BCUT2D eigenvalue weighted by molar-refractivity contribution is -0.129. The molecule has 0 saturated carbocycles. The second-order valence-electron chi connectivity index (χ2n) is 4.54. The molecule has 0 bridgehead atoms. The van der Waals surface area contributed by atoms with Crippen LogP contribution in [-0.2, 0) is 9.59 Å². The van der Waals surface area contributed by atoms with E-state index in [0.717, 1.165) is 45.3 Å². The van der Waals surface area contributed by atoms with Crippen molar-refractivity contribution in [3.8, 4) is 0 Å². The number of carbonyl (C=O) groups is 2. The first-order chi connectivity index (χ1) is 8.15. The lowest BCUT2D eigenvalue weighted by atomic mass is 10.2. The highest BCUT2D eigenvalue weighted by molar-refractivity contribution is 5.83. The van der Waals surface area contributed by atoms with E-state index < -0.39 is 0 Å². The number of hydrogen-bond acceptors (Lipinski definition) is 3. The summed E-state index contributed by atoms with van der Waals surface area (Å²) in [6.07, 6.45) is 3.98. The number of amides is 2. The van der Waals surface area contributed by atoms with Crippen molar-refractivity contribution >= 4 is 11.8 Å². The lowest BCUT2D eigenvalue weighted by Gasteiger charge is -2.16. The van der Waals surface area contributed by atoms with Crippen LogP contribution in [0.3, 0.4) is 0 Å². The zero-order chi connectivity index (χ0) is 12.7. The maximum Gasteiger partial charge on any atom is 0.239 e. The predicted molar refractivity (Wildman–Crippen MR) is 66.3 cm³/mol. The quantitative estimate of drug-likeness (QED) is 0.598. The van der Waals surface area contributed by atoms with E-state index in [0.29, 0.717) is 6.42 Å². The minimum Gasteiger partial charge on any atom is -0.370 e. The van der Waals surface area contributed by atoms with E-state index >= 15 is 0 Å². The first-order valence-electron chi connectivity index (χ1n) is 6.45. The normalized spacial score (nSPS) is 19.9. The van der Waals surface area contributed by atoms with E-state index in [-0.39, 0.29) is 17.9 Å². The van der Waals surface area contributed by atoms with Crippen LogP contribution in [0.4, 0.5) is 0 Å². The van der Waals surface area contributed by atoms with Crippen molar-refractivity contribution in [2.24, 2.45) is 5.73 Å². The smallest absolute Gasteiger partial charge is 0.239 e. The molecule has 1 rings (SSSR count). The van der Waals surface area contributed by atoms with Crippen molar-refractivity contribution in [2.45, 2.75) is 45.1 Å². The number of unbranched alkanes of at least 4 members (excludes halogenated alkanes) is 1. The number of carbonyl (C=O) groups excluding carboxylic acids is 2. The summed E-state index contributed by atoms with van der Waals surface area (Å²) in [6, 6.07) is 0.00564. The van der Waals surface area contributed by atoms with E-state index in [2.05, 4.69) is 12.2 Å².